The van der Waals surface area contributed by atoms with Gasteiger partial charge in [0, 0.05) is 5.02 Å². The van der Waals surface area contributed by atoms with Gasteiger partial charge in [0.25, 0.3) is 0 Å². The van der Waals surface area contributed by atoms with Gasteiger partial charge < -0.3 is 0 Å². The molecule has 65 valence electrons. The SMILES string of the molecule is [CH2]C(C)CCc1ccc(Cl)cc1. The van der Waals surface area contributed by atoms with E-state index in [4.69, 9.17) is 11.6 Å². The Morgan fingerprint density at radius 2 is 1.92 bits per heavy atom. The Labute approximate surface area is 79.6 Å². The smallest absolute Gasteiger partial charge is 0.0406 e. The van der Waals surface area contributed by atoms with Gasteiger partial charge in [-0.05, 0) is 36.5 Å². The molecule has 1 rings (SSSR count). The number of halogens is 1. The van der Waals surface area contributed by atoms with Gasteiger partial charge in [-0.25, -0.2) is 0 Å². The summed E-state index contributed by atoms with van der Waals surface area (Å²) in [6.45, 7) is 6.08. The van der Waals surface area contributed by atoms with Crippen molar-refractivity contribution in [3.8, 4) is 0 Å². The minimum absolute atomic E-state index is 0.528. The zero-order valence-corrected chi connectivity index (χ0v) is 8.14. The molecule has 1 unspecified atom stereocenters. The highest BCUT2D eigenvalue weighted by atomic mass is 35.5. The average molecular weight is 182 g/mol. The number of benzene rings is 1. The van der Waals surface area contributed by atoms with Gasteiger partial charge in [-0.2, -0.15) is 0 Å². The van der Waals surface area contributed by atoms with Crippen molar-refractivity contribution in [2.45, 2.75) is 19.8 Å². The first-order chi connectivity index (χ1) is 5.68. The van der Waals surface area contributed by atoms with Crippen LogP contribution < -0.4 is 0 Å². The second kappa shape index (κ2) is 4.51. The fourth-order valence-electron chi connectivity index (χ4n) is 1.06. The summed E-state index contributed by atoms with van der Waals surface area (Å²) in [7, 11) is 0. The molecule has 0 N–H and O–H groups in total. The van der Waals surface area contributed by atoms with Crippen molar-refractivity contribution in [2.75, 3.05) is 0 Å². The summed E-state index contributed by atoms with van der Waals surface area (Å²) in [5.41, 5.74) is 1.34. The van der Waals surface area contributed by atoms with E-state index in [1.165, 1.54) is 5.56 Å². The van der Waals surface area contributed by atoms with E-state index in [2.05, 4.69) is 26.0 Å². The first-order valence-corrected chi connectivity index (χ1v) is 4.64. The van der Waals surface area contributed by atoms with Gasteiger partial charge in [0.05, 0.1) is 0 Å². The zero-order valence-electron chi connectivity index (χ0n) is 7.39. The number of aryl methyl sites for hydroxylation is 1. The van der Waals surface area contributed by atoms with E-state index in [0.29, 0.717) is 5.92 Å². The molecule has 0 spiro atoms. The van der Waals surface area contributed by atoms with Gasteiger partial charge in [0.1, 0.15) is 0 Å². The third kappa shape index (κ3) is 3.27. The molecule has 0 saturated carbocycles. The van der Waals surface area contributed by atoms with Gasteiger partial charge in [-0.3, -0.25) is 0 Å². The van der Waals surface area contributed by atoms with Crippen LogP contribution in [0.3, 0.4) is 0 Å². The second-order valence-corrected chi connectivity index (χ2v) is 3.71. The summed E-state index contributed by atoms with van der Waals surface area (Å²) in [4.78, 5) is 0. The Hall–Kier alpha value is -0.490. The Balaban J connectivity index is 2.48. The molecule has 12 heavy (non-hydrogen) atoms. The van der Waals surface area contributed by atoms with Gasteiger partial charge in [-0.15, -0.1) is 0 Å². The van der Waals surface area contributed by atoms with E-state index in [1.807, 2.05) is 12.1 Å². The van der Waals surface area contributed by atoms with E-state index < -0.39 is 0 Å². The molecule has 1 aromatic rings. The van der Waals surface area contributed by atoms with Gasteiger partial charge in [-0.1, -0.05) is 37.6 Å². The highest BCUT2D eigenvalue weighted by Crippen LogP contribution is 2.12. The van der Waals surface area contributed by atoms with Gasteiger partial charge in [0.15, 0.2) is 0 Å². The Morgan fingerprint density at radius 1 is 1.33 bits per heavy atom. The van der Waals surface area contributed by atoms with Gasteiger partial charge in [0.2, 0.25) is 0 Å². The lowest BCUT2D eigenvalue weighted by atomic mass is 10.0. The van der Waals surface area contributed by atoms with E-state index in [9.17, 15) is 0 Å². The maximum atomic E-state index is 5.76. The van der Waals surface area contributed by atoms with Crippen molar-refractivity contribution < 1.29 is 0 Å². The topological polar surface area (TPSA) is 0 Å². The fraction of sp³-hybridized carbons (Fsp3) is 0.364. The highest BCUT2D eigenvalue weighted by Gasteiger charge is 1.96. The third-order valence-electron chi connectivity index (χ3n) is 1.84. The van der Waals surface area contributed by atoms with Crippen LogP contribution in [0, 0.1) is 12.8 Å². The van der Waals surface area contributed by atoms with Crippen molar-refractivity contribution in [3.05, 3.63) is 41.8 Å². The summed E-state index contributed by atoms with van der Waals surface area (Å²) in [5, 5.41) is 0.807. The molecule has 0 fully saturated rings. The molecular weight excluding hydrogens is 168 g/mol. The average Bonchev–Trinajstić information content (AvgIpc) is 2.03. The van der Waals surface area contributed by atoms with Crippen molar-refractivity contribution >= 4 is 11.6 Å². The van der Waals surface area contributed by atoms with E-state index in [-0.39, 0.29) is 0 Å². The quantitative estimate of drug-likeness (QED) is 0.667. The van der Waals surface area contributed by atoms with Crippen LogP contribution in [0.15, 0.2) is 24.3 Å². The van der Waals surface area contributed by atoms with Crippen LogP contribution in [-0.2, 0) is 6.42 Å². The standard InChI is InChI=1S/C11H14Cl/c1-9(2)3-4-10-5-7-11(12)8-6-10/h5-9H,1,3-4H2,2H3. The summed E-state index contributed by atoms with van der Waals surface area (Å²) in [5.74, 6) is 0.528. The van der Waals surface area contributed by atoms with E-state index in [0.717, 1.165) is 17.9 Å². The molecule has 1 heteroatoms. The summed E-state index contributed by atoms with van der Waals surface area (Å²) in [6, 6.07) is 8.02. The highest BCUT2D eigenvalue weighted by molar-refractivity contribution is 6.30. The summed E-state index contributed by atoms with van der Waals surface area (Å²) >= 11 is 5.76. The van der Waals surface area contributed by atoms with Crippen LogP contribution in [0.5, 0.6) is 0 Å². The van der Waals surface area contributed by atoms with Crippen LogP contribution >= 0.6 is 11.6 Å². The maximum Gasteiger partial charge on any atom is 0.0406 e. The molecule has 0 aliphatic carbocycles. The molecule has 0 heterocycles. The van der Waals surface area contributed by atoms with Crippen LogP contribution in [0.1, 0.15) is 18.9 Å². The predicted octanol–water partition coefficient (Wildman–Crippen LogP) is 3.74. The molecule has 0 saturated heterocycles. The summed E-state index contributed by atoms with van der Waals surface area (Å²) < 4.78 is 0. The largest absolute Gasteiger partial charge is 0.0843 e. The van der Waals surface area contributed by atoms with Crippen LogP contribution in [0.4, 0.5) is 0 Å². The van der Waals surface area contributed by atoms with Crippen LogP contribution in [-0.4, -0.2) is 0 Å². The van der Waals surface area contributed by atoms with Crippen LogP contribution in [0.2, 0.25) is 5.02 Å². The van der Waals surface area contributed by atoms with E-state index in [1.54, 1.807) is 0 Å². The van der Waals surface area contributed by atoms with Crippen molar-refractivity contribution in [1.29, 1.82) is 0 Å². The molecule has 1 radical (unpaired) electrons. The predicted molar refractivity (Wildman–Crippen MR) is 54.3 cm³/mol. The molecule has 1 atom stereocenters. The lowest BCUT2D eigenvalue weighted by Crippen LogP contribution is -1.91. The first kappa shape index (κ1) is 9.60. The zero-order chi connectivity index (χ0) is 8.97. The van der Waals surface area contributed by atoms with Gasteiger partial charge >= 0.3 is 0 Å². The molecule has 0 aliphatic rings. The fourth-order valence-corrected chi connectivity index (χ4v) is 1.19. The normalized spacial score (nSPS) is 10.7. The molecule has 0 nitrogen and oxygen atoms in total. The lowest BCUT2D eigenvalue weighted by Gasteiger charge is -2.03. The minimum atomic E-state index is 0.528. The molecule has 0 bridgehead atoms. The Morgan fingerprint density at radius 3 is 2.42 bits per heavy atom. The molecular formula is C11H14Cl. The molecule has 1 aromatic carbocycles. The number of hydrogen-bond donors (Lipinski definition) is 0. The monoisotopic (exact) mass is 181 g/mol. The molecule has 0 aliphatic heterocycles. The van der Waals surface area contributed by atoms with Crippen molar-refractivity contribution in [1.82, 2.24) is 0 Å². The lowest BCUT2D eigenvalue weighted by molar-refractivity contribution is 0.644. The van der Waals surface area contributed by atoms with E-state index >= 15 is 0 Å². The minimum Gasteiger partial charge on any atom is -0.0843 e. The Bertz CT molecular complexity index is 223. The third-order valence-corrected chi connectivity index (χ3v) is 2.09. The van der Waals surface area contributed by atoms with Crippen molar-refractivity contribution in [2.24, 2.45) is 5.92 Å². The molecule has 0 aromatic heterocycles. The Kier molecular flexibility index (Phi) is 3.61. The van der Waals surface area contributed by atoms with Crippen molar-refractivity contribution in [3.63, 3.8) is 0 Å². The second-order valence-electron chi connectivity index (χ2n) is 3.27. The molecule has 0 amide bonds. The maximum absolute atomic E-state index is 5.76. The number of rotatable bonds is 3. The number of hydrogen-bond acceptors (Lipinski definition) is 0. The summed E-state index contributed by atoms with van der Waals surface area (Å²) in [6.07, 6.45) is 2.24. The van der Waals surface area contributed by atoms with Crippen LogP contribution in [0.25, 0.3) is 0 Å². The first-order valence-electron chi connectivity index (χ1n) is 4.26.